The predicted molar refractivity (Wildman–Crippen MR) is 141 cm³/mol. The van der Waals surface area contributed by atoms with Gasteiger partial charge < -0.3 is 14.6 Å². The second-order valence-corrected chi connectivity index (χ2v) is 9.92. The zero-order chi connectivity index (χ0) is 23.9. The number of carbonyl (C=O) groups excluding carboxylic acids is 1. The van der Waals surface area contributed by atoms with Crippen molar-refractivity contribution in [3.63, 3.8) is 0 Å². The number of nitrogens with one attached hydrogen (secondary N) is 1. The minimum Gasteiger partial charge on any atom is -0.385 e. The first-order valence-corrected chi connectivity index (χ1v) is 13.2. The molecule has 180 valence electrons. The summed E-state index contributed by atoms with van der Waals surface area (Å²) in [4.78, 5) is 17.9. The van der Waals surface area contributed by atoms with Crippen LogP contribution >= 0.6 is 22.9 Å². The van der Waals surface area contributed by atoms with Crippen molar-refractivity contribution in [2.75, 3.05) is 20.3 Å². The topological polar surface area (TPSA) is 56.1 Å². The molecule has 1 N–H and O–H groups in total. The van der Waals surface area contributed by atoms with Crippen LogP contribution in [-0.4, -0.2) is 35.7 Å². The third-order valence-corrected chi connectivity index (χ3v) is 7.54. The predicted octanol–water partition coefficient (Wildman–Crippen LogP) is 6.90. The number of allylic oxidation sites excluding steroid dienone is 2. The molecule has 1 amide bonds. The maximum atomic E-state index is 13.0. The molecule has 5 nitrogen and oxygen atoms in total. The van der Waals surface area contributed by atoms with E-state index in [1.54, 1.807) is 18.4 Å². The molecule has 1 aliphatic carbocycles. The van der Waals surface area contributed by atoms with Crippen LogP contribution in [-0.2, 0) is 11.3 Å². The summed E-state index contributed by atoms with van der Waals surface area (Å²) in [6.45, 7) is 4.09. The van der Waals surface area contributed by atoms with Crippen LogP contribution < -0.4 is 5.32 Å². The second kappa shape index (κ2) is 11.8. The SMILES string of the molecule is COCCCNC(=O)c1cc(-c2csc(-c3ccccc3Cl)n2)n(CCC2=CCCCC2)c1C. The van der Waals surface area contributed by atoms with Gasteiger partial charge >= 0.3 is 0 Å². The van der Waals surface area contributed by atoms with Gasteiger partial charge in [-0.1, -0.05) is 41.4 Å². The summed E-state index contributed by atoms with van der Waals surface area (Å²) in [5.74, 6) is -0.0490. The van der Waals surface area contributed by atoms with Crippen molar-refractivity contribution < 1.29 is 9.53 Å². The Balaban J connectivity index is 1.63. The molecule has 7 heteroatoms. The lowest BCUT2D eigenvalue weighted by atomic mass is 9.97. The van der Waals surface area contributed by atoms with Crippen molar-refractivity contribution in [3.8, 4) is 22.0 Å². The van der Waals surface area contributed by atoms with Gasteiger partial charge in [-0.05, 0) is 57.6 Å². The molecular weight excluding hydrogens is 466 g/mol. The Hall–Kier alpha value is -2.41. The quantitative estimate of drug-likeness (QED) is 0.245. The molecule has 34 heavy (non-hydrogen) atoms. The van der Waals surface area contributed by atoms with E-state index in [0.29, 0.717) is 23.7 Å². The van der Waals surface area contributed by atoms with Gasteiger partial charge in [-0.3, -0.25) is 4.79 Å². The van der Waals surface area contributed by atoms with E-state index in [9.17, 15) is 4.79 Å². The molecule has 0 atom stereocenters. The van der Waals surface area contributed by atoms with E-state index >= 15 is 0 Å². The van der Waals surface area contributed by atoms with Gasteiger partial charge in [-0.15, -0.1) is 11.3 Å². The summed E-state index contributed by atoms with van der Waals surface area (Å²) in [5.41, 5.74) is 5.98. The molecular formula is C27H32ClN3O2S. The Labute approximate surface area is 210 Å². The van der Waals surface area contributed by atoms with Crippen LogP contribution in [0.2, 0.25) is 5.02 Å². The fourth-order valence-electron chi connectivity index (χ4n) is 4.43. The molecule has 0 saturated carbocycles. The first-order valence-electron chi connectivity index (χ1n) is 11.9. The summed E-state index contributed by atoms with van der Waals surface area (Å²) in [5, 5.41) is 6.66. The van der Waals surface area contributed by atoms with Gasteiger partial charge in [-0.25, -0.2) is 4.98 Å². The smallest absolute Gasteiger partial charge is 0.253 e. The van der Waals surface area contributed by atoms with Crippen LogP contribution in [0.3, 0.4) is 0 Å². The Kier molecular flexibility index (Phi) is 8.59. The molecule has 2 heterocycles. The summed E-state index contributed by atoms with van der Waals surface area (Å²) in [6.07, 6.45) is 9.09. The van der Waals surface area contributed by atoms with Crippen LogP contribution in [0.4, 0.5) is 0 Å². The Morgan fingerprint density at radius 1 is 1.29 bits per heavy atom. The molecule has 0 spiro atoms. The van der Waals surface area contributed by atoms with Gasteiger partial charge in [0.2, 0.25) is 0 Å². The number of rotatable bonds is 10. The van der Waals surface area contributed by atoms with Gasteiger partial charge in [0.25, 0.3) is 5.91 Å². The van der Waals surface area contributed by atoms with E-state index < -0.39 is 0 Å². The van der Waals surface area contributed by atoms with Gasteiger partial charge in [0.1, 0.15) is 5.01 Å². The third-order valence-electron chi connectivity index (χ3n) is 6.33. The molecule has 0 fully saturated rings. The summed E-state index contributed by atoms with van der Waals surface area (Å²) >= 11 is 7.99. The first kappa shape index (κ1) is 24.7. The minimum absolute atomic E-state index is 0.0490. The number of thiazole rings is 1. The molecule has 4 rings (SSSR count). The standard InChI is InChI=1S/C27H32ClN3O2S/c1-19-22(26(32)29-14-8-16-33-2)17-25(31(19)15-13-20-9-4-3-5-10-20)24-18-34-27(30-24)21-11-6-7-12-23(21)28/h6-7,9,11-12,17-18H,3-5,8,10,13-16H2,1-2H3,(H,29,32). The van der Waals surface area contributed by atoms with E-state index in [-0.39, 0.29) is 5.91 Å². The number of ether oxygens (including phenoxy) is 1. The maximum Gasteiger partial charge on any atom is 0.253 e. The number of amides is 1. The minimum atomic E-state index is -0.0490. The summed E-state index contributed by atoms with van der Waals surface area (Å²) in [6, 6.07) is 9.76. The van der Waals surface area contributed by atoms with Gasteiger partial charge in [0.05, 0.1) is 22.0 Å². The maximum absolute atomic E-state index is 13.0. The largest absolute Gasteiger partial charge is 0.385 e. The lowest BCUT2D eigenvalue weighted by Gasteiger charge is -2.15. The average Bonchev–Trinajstić information content (AvgIpc) is 3.46. The van der Waals surface area contributed by atoms with Gasteiger partial charge in [0, 0.05) is 43.4 Å². The van der Waals surface area contributed by atoms with Crippen LogP contribution in [0.5, 0.6) is 0 Å². The fraction of sp³-hybridized carbons (Fsp3) is 0.407. The van der Waals surface area contributed by atoms with Crippen molar-refractivity contribution in [1.82, 2.24) is 14.9 Å². The zero-order valence-electron chi connectivity index (χ0n) is 19.9. The van der Waals surface area contributed by atoms with Crippen molar-refractivity contribution in [3.05, 3.63) is 63.6 Å². The Morgan fingerprint density at radius 3 is 2.91 bits per heavy atom. The van der Waals surface area contributed by atoms with Crippen LogP contribution in [0, 0.1) is 6.92 Å². The lowest BCUT2D eigenvalue weighted by molar-refractivity contribution is 0.0948. The van der Waals surface area contributed by atoms with E-state index in [1.165, 1.54) is 31.3 Å². The number of benzene rings is 1. The highest BCUT2D eigenvalue weighted by molar-refractivity contribution is 7.13. The number of hydrogen-bond donors (Lipinski definition) is 1. The van der Waals surface area contributed by atoms with Gasteiger partial charge in [0.15, 0.2) is 0 Å². The molecule has 1 aromatic carbocycles. The molecule has 0 saturated heterocycles. The molecule has 0 unspecified atom stereocenters. The van der Waals surface area contributed by atoms with Crippen molar-refractivity contribution in [1.29, 1.82) is 0 Å². The number of halogens is 1. The highest BCUT2D eigenvalue weighted by Gasteiger charge is 2.21. The number of hydrogen-bond acceptors (Lipinski definition) is 4. The summed E-state index contributed by atoms with van der Waals surface area (Å²) in [7, 11) is 1.67. The van der Waals surface area contributed by atoms with Crippen LogP contribution in [0.1, 0.15) is 54.6 Å². The fourth-order valence-corrected chi connectivity index (χ4v) is 5.56. The molecule has 3 aromatic rings. The van der Waals surface area contributed by atoms with Crippen molar-refractivity contribution in [2.24, 2.45) is 0 Å². The highest BCUT2D eigenvalue weighted by Crippen LogP contribution is 2.35. The molecule has 2 aromatic heterocycles. The highest BCUT2D eigenvalue weighted by atomic mass is 35.5. The zero-order valence-corrected chi connectivity index (χ0v) is 21.5. The average molecular weight is 498 g/mol. The van der Waals surface area contributed by atoms with Crippen molar-refractivity contribution >= 4 is 28.8 Å². The molecule has 0 aliphatic heterocycles. The lowest BCUT2D eigenvalue weighted by Crippen LogP contribution is -2.25. The third kappa shape index (κ3) is 5.80. The normalized spacial score (nSPS) is 13.7. The van der Waals surface area contributed by atoms with Crippen LogP contribution in [0.15, 0.2) is 47.4 Å². The van der Waals surface area contributed by atoms with E-state index in [4.69, 9.17) is 21.3 Å². The van der Waals surface area contributed by atoms with E-state index in [0.717, 1.165) is 47.0 Å². The van der Waals surface area contributed by atoms with Crippen molar-refractivity contribution in [2.45, 2.75) is 52.0 Å². The summed E-state index contributed by atoms with van der Waals surface area (Å²) < 4.78 is 7.35. The number of aromatic nitrogens is 2. The van der Waals surface area contributed by atoms with Crippen LogP contribution in [0.25, 0.3) is 22.0 Å². The first-order chi connectivity index (χ1) is 16.6. The van der Waals surface area contributed by atoms with Gasteiger partial charge in [-0.2, -0.15) is 0 Å². The monoisotopic (exact) mass is 497 g/mol. The number of methoxy groups -OCH3 is 1. The molecule has 0 radical (unpaired) electrons. The molecule has 0 bridgehead atoms. The van der Waals surface area contributed by atoms with E-state index in [2.05, 4.69) is 21.3 Å². The number of carbonyl (C=O) groups is 1. The second-order valence-electron chi connectivity index (χ2n) is 8.66. The molecule has 1 aliphatic rings. The number of nitrogens with zero attached hydrogens (tertiary/aromatic N) is 2. The Bertz CT molecular complexity index is 1160. The van der Waals surface area contributed by atoms with E-state index in [1.807, 2.05) is 37.3 Å². The Morgan fingerprint density at radius 2 is 2.15 bits per heavy atom.